The van der Waals surface area contributed by atoms with Crippen LogP contribution in [0, 0.1) is 31.1 Å². The van der Waals surface area contributed by atoms with Gasteiger partial charge in [-0.2, -0.15) is 0 Å². The van der Waals surface area contributed by atoms with Crippen LogP contribution in [0.4, 0.5) is 0 Å². The van der Waals surface area contributed by atoms with Gasteiger partial charge in [-0.1, -0.05) is 51.8 Å². The highest BCUT2D eigenvalue weighted by atomic mass is 16.7. The van der Waals surface area contributed by atoms with Crippen molar-refractivity contribution < 1.29 is 33.5 Å². The number of aromatic nitrogens is 1. The van der Waals surface area contributed by atoms with Crippen LogP contribution < -0.4 is 15.4 Å². The summed E-state index contributed by atoms with van der Waals surface area (Å²) in [7, 11) is 0. The molecule has 284 valence electrons. The highest BCUT2D eigenvalue weighted by Crippen LogP contribution is 2.47. The summed E-state index contributed by atoms with van der Waals surface area (Å²) < 4.78 is 5.84. The third kappa shape index (κ3) is 8.31. The molecule has 12 nitrogen and oxygen atoms in total. The Morgan fingerprint density at radius 3 is 2.36 bits per heavy atom. The average Bonchev–Trinajstić information content (AvgIpc) is 4.05. The molecule has 2 N–H and O–H groups in total. The zero-order valence-corrected chi connectivity index (χ0v) is 32.0. The molecule has 2 aromatic rings. The first-order valence-electron chi connectivity index (χ1n) is 19.0. The average molecular weight is 728 g/mol. The number of likely N-dealkylation sites (tertiary alicyclic amines) is 1. The van der Waals surface area contributed by atoms with Crippen LogP contribution in [0.25, 0.3) is 0 Å². The van der Waals surface area contributed by atoms with Crippen LogP contribution in [-0.4, -0.2) is 81.8 Å². The van der Waals surface area contributed by atoms with Gasteiger partial charge in [-0.15, -0.1) is 0 Å². The van der Waals surface area contributed by atoms with Crippen molar-refractivity contribution in [3.63, 3.8) is 0 Å². The van der Waals surface area contributed by atoms with Gasteiger partial charge in [0, 0.05) is 48.6 Å². The smallest absolute Gasteiger partial charge is 0.246 e. The van der Waals surface area contributed by atoms with Gasteiger partial charge in [0.15, 0.2) is 11.4 Å². The Morgan fingerprint density at radius 2 is 1.75 bits per heavy atom. The molecule has 0 radical (unpaired) electrons. The van der Waals surface area contributed by atoms with Crippen molar-refractivity contribution in [1.29, 1.82) is 0 Å². The van der Waals surface area contributed by atoms with Gasteiger partial charge in [0.05, 0.1) is 24.9 Å². The Morgan fingerprint density at radius 1 is 1.04 bits per heavy atom. The summed E-state index contributed by atoms with van der Waals surface area (Å²) in [6.07, 6.45) is 5.09. The number of nitrogens with one attached hydrogen (secondary N) is 2. The van der Waals surface area contributed by atoms with Crippen molar-refractivity contribution in [2.24, 2.45) is 22.4 Å². The van der Waals surface area contributed by atoms with Crippen LogP contribution in [0.5, 0.6) is 5.75 Å². The minimum Gasteiger partial charge on any atom is -0.493 e. The van der Waals surface area contributed by atoms with Gasteiger partial charge in [-0.3, -0.25) is 29.0 Å². The van der Waals surface area contributed by atoms with Crippen molar-refractivity contribution in [3.8, 4) is 5.75 Å². The number of amides is 3. The summed E-state index contributed by atoms with van der Waals surface area (Å²) in [4.78, 5) is 80.6. The van der Waals surface area contributed by atoms with E-state index in [-0.39, 0.29) is 43.0 Å². The van der Waals surface area contributed by atoms with E-state index in [9.17, 15) is 24.0 Å². The summed E-state index contributed by atoms with van der Waals surface area (Å²) in [5.74, 6) is -1.59. The van der Waals surface area contributed by atoms with Crippen LogP contribution in [0.3, 0.4) is 0 Å². The number of aryl methyl sites for hydroxylation is 2. The Hall–Kier alpha value is -4.61. The number of nitrogens with zero attached hydrogens (tertiary/aromatic N) is 3. The summed E-state index contributed by atoms with van der Waals surface area (Å²) in [6.45, 7) is 13.8. The zero-order valence-electron chi connectivity index (χ0n) is 32.0. The van der Waals surface area contributed by atoms with Crippen molar-refractivity contribution >= 4 is 35.0 Å². The lowest BCUT2D eigenvalue weighted by Gasteiger charge is -2.35. The van der Waals surface area contributed by atoms with Gasteiger partial charge in [0.25, 0.3) is 0 Å². The first kappa shape index (κ1) is 38.1. The van der Waals surface area contributed by atoms with Crippen molar-refractivity contribution in [3.05, 3.63) is 58.9 Å². The second kappa shape index (κ2) is 15.0. The molecule has 0 unspecified atom stereocenters. The molecule has 6 atom stereocenters. The maximum Gasteiger partial charge on any atom is 0.246 e. The molecule has 2 aliphatic heterocycles. The van der Waals surface area contributed by atoms with Crippen molar-refractivity contribution in [2.75, 3.05) is 13.2 Å². The van der Waals surface area contributed by atoms with E-state index in [0.717, 1.165) is 41.0 Å². The van der Waals surface area contributed by atoms with E-state index < -0.39 is 52.5 Å². The Kier molecular flexibility index (Phi) is 10.8. The molecule has 1 spiro atoms. The predicted molar refractivity (Wildman–Crippen MR) is 198 cm³/mol. The van der Waals surface area contributed by atoms with Crippen molar-refractivity contribution in [2.45, 2.75) is 123 Å². The maximum atomic E-state index is 14.8. The van der Waals surface area contributed by atoms with Gasteiger partial charge < -0.3 is 25.1 Å². The number of rotatable bonds is 14. The van der Waals surface area contributed by atoms with Gasteiger partial charge >= 0.3 is 0 Å². The van der Waals surface area contributed by atoms with Crippen molar-refractivity contribution in [1.82, 2.24) is 20.5 Å². The lowest BCUT2D eigenvalue weighted by Crippen LogP contribution is -2.59. The third-order valence-electron chi connectivity index (χ3n) is 11.0. The van der Waals surface area contributed by atoms with Gasteiger partial charge in [-0.25, -0.2) is 0 Å². The molecule has 1 aromatic carbocycles. The molecule has 4 aliphatic rings. The van der Waals surface area contributed by atoms with Crippen LogP contribution in [0.15, 0.2) is 41.7 Å². The van der Waals surface area contributed by atoms with E-state index in [2.05, 4.69) is 20.8 Å². The normalized spacial score (nSPS) is 24.5. The van der Waals surface area contributed by atoms with E-state index in [0.29, 0.717) is 31.6 Å². The fourth-order valence-corrected chi connectivity index (χ4v) is 7.80. The highest BCUT2D eigenvalue weighted by molar-refractivity contribution is 6.39. The fraction of sp³-hybridized carbons (Fsp3) is 0.585. The van der Waals surface area contributed by atoms with E-state index in [1.54, 1.807) is 13.1 Å². The molecule has 3 fully saturated rings. The molecule has 0 bridgehead atoms. The quantitative estimate of drug-likeness (QED) is 0.265. The lowest BCUT2D eigenvalue weighted by molar-refractivity contribution is -0.145. The fourth-order valence-electron chi connectivity index (χ4n) is 7.80. The molecule has 2 saturated carbocycles. The summed E-state index contributed by atoms with van der Waals surface area (Å²) >= 11 is 0. The number of hydrogen-bond acceptors (Lipinski definition) is 9. The lowest BCUT2D eigenvalue weighted by atomic mass is 9.85. The summed E-state index contributed by atoms with van der Waals surface area (Å²) in [5, 5.41) is 10.4. The largest absolute Gasteiger partial charge is 0.493 e. The SMILES string of the molecule is CCOc1c(C)cc(C2=NO[C@]3(C2)C[C@@H](C(=O)N[C@@H](CC2CC2)C(=O)C(=O)CC)N(C(=O)[C@@H](NC(=O)[C@@H]2C[C@H]2c2ccccn2)C(C)(C)C)C3)cc1C. The molecular weight excluding hydrogens is 674 g/mol. The van der Waals surface area contributed by atoms with E-state index >= 15 is 0 Å². The number of ether oxygens (including phenoxy) is 1. The first-order valence-corrected chi connectivity index (χ1v) is 19.0. The Bertz CT molecular complexity index is 1780. The van der Waals surface area contributed by atoms with E-state index in [4.69, 9.17) is 9.57 Å². The van der Waals surface area contributed by atoms with Crippen LogP contribution in [-0.2, 0) is 28.8 Å². The van der Waals surface area contributed by atoms with Crippen LogP contribution in [0.1, 0.15) is 108 Å². The van der Waals surface area contributed by atoms with Gasteiger partial charge in [0.2, 0.25) is 23.5 Å². The van der Waals surface area contributed by atoms with Crippen LogP contribution >= 0.6 is 0 Å². The molecule has 2 aliphatic carbocycles. The Labute approximate surface area is 311 Å². The Balaban J connectivity index is 1.26. The summed E-state index contributed by atoms with van der Waals surface area (Å²) in [6, 6.07) is 6.66. The minimum absolute atomic E-state index is 0.0235. The maximum absolute atomic E-state index is 14.8. The second-order valence-corrected chi connectivity index (χ2v) is 16.4. The molecule has 3 amide bonds. The van der Waals surface area contributed by atoms with Gasteiger partial charge in [-0.05, 0) is 80.3 Å². The molecule has 1 aromatic heterocycles. The van der Waals surface area contributed by atoms with Crippen LogP contribution in [0.2, 0.25) is 0 Å². The summed E-state index contributed by atoms with van der Waals surface area (Å²) in [5.41, 5.74) is 2.59. The topological polar surface area (TPSA) is 156 Å². The standard InChI is InChI=1S/C41H53N5O7/c1-8-33(47)34(48)30(18-25-13-14-25)43-38(50)32-21-41(20-31(45-53-41)26-16-23(3)35(52-9-2)24(4)17-26)22-46(32)39(51)36(40(5,6)7)44-37(49)28-19-27(28)29-12-10-11-15-42-29/h10-12,15-17,25,27-28,30,32,36H,8-9,13-14,18-22H2,1-7H3,(H,43,50)(H,44,49)/t27-,28-,30+,32+,36-,41-/m1/s1. The molecule has 1 saturated heterocycles. The highest BCUT2D eigenvalue weighted by Gasteiger charge is 2.56. The molecule has 53 heavy (non-hydrogen) atoms. The second-order valence-electron chi connectivity index (χ2n) is 16.4. The molecule has 12 heteroatoms. The minimum atomic E-state index is -1.03. The monoisotopic (exact) mass is 727 g/mol. The number of hydrogen-bond donors (Lipinski definition) is 2. The van der Waals surface area contributed by atoms with E-state index in [1.165, 1.54) is 4.90 Å². The number of ketones is 2. The number of carbonyl (C=O) groups excluding carboxylic acids is 5. The third-order valence-corrected chi connectivity index (χ3v) is 11.0. The molecule has 6 rings (SSSR count). The molecule has 3 heterocycles. The number of oxime groups is 1. The molecular formula is C41H53N5O7. The predicted octanol–water partition coefficient (Wildman–Crippen LogP) is 4.73. The number of benzene rings is 1. The zero-order chi connectivity index (χ0) is 38.2. The first-order chi connectivity index (χ1) is 25.1. The van der Waals surface area contributed by atoms with Gasteiger partial charge in [0.1, 0.15) is 17.8 Å². The number of carbonyl (C=O) groups is 5. The number of pyridine rings is 1. The number of Topliss-reactive ketones (excluding diaryl/α,β-unsaturated/α-hetero) is 2. The van der Waals surface area contributed by atoms with E-state index in [1.807, 2.05) is 71.9 Å².